The molecule has 1 aliphatic rings. The van der Waals surface area contributed by atoms with Gasteiger partial charge in [-0.3, -0.25) is 9.59 Å². The van der Waals surface area contributed by atoms with Crippen LogP contribution in [0.5, 0.6) is 0 Å². The van der Waals surface area contributed by atoms with Crippen molar-refractivity contribution in [2.24, 2.45) is 11.3 Å². The summed E-state index contributed by atoms with van der Waals surface area (Å²) < 4.78 is 0. The van der Waals surface area contributed by atoms with Crippen LogP contribution in [0.25, 0.3) is 0 Å². The average molecular weight is 287 g/mol. The van der Waals surface area contributed by atoms with Crippen LogP contribution in [0.4, 0.5) is 5.69 Å². The minimum Gasteiger partial charge on any atom is -0.311 e. The van der Waals surface area contributed by atoms with Gasteiger partial charge in [-0.05, 0) is 29.9 Å². The summed E-state index contributed by atoms with van der Waals surface area (Å²) >= 11 is 0. The lowest BCUT2D eigenvalue weighted by Crippen LogP contribution is -2.38. The minimum absolute atomic E-state index is 0.131. The molecule has 0 spiro atoms. The van der Waals surface area contributed by atoms with Gasteiger partial charge in [-0.15, -0.1) is 0 Å². The zero-order valence-corrected chi connectivity index (χ0v) is 13.5. The van der Waals surface area contributed by atoms with Gasteiger partial charge in [-0.25, -0.2) is 0 Å². The van der Waals surface area contributed by atoms with Crippen molar-refractivity contribution in [2.75, 3.05) is 11.4 Å². The fourth-order valence-electron chi connectivity index (χ4n) is 3.20. The SMILES string of the molecule is CC(CC(=O)N1CCC(=O)c2ccccc21)CC(C)(C)C. The van der Waals surface area contributed by atoms with E-state index in [1.165, 1.54) is 0 Å². The number of rotatable bonds is 3. The van der Waals surface area contributed by atoms with Gasteiger partial charge in [0.1, 0.15) is 0 Å². The Labute approximate surface area is 127 Å². The number of fused-ring (bicyclic) bond motifs is 1. The van der Waals surface area contributed by atoms with Crippen LogP contribution in [0.3, 0.4) is 0 Å². The number of nitrogens with zero attached hydrogens (tertiary/aromatic N) is 1. The third-order valence-corrected chi connectivity index (χ3v) is 3.84. The van der Waals surface area contributed by atoms with Gasteiger partial charge in [-0.1, -0.05) is 39.8 Å². The summed E-state index contributed by atoms with van der Waals surface area (Å²) in [6, 6.07) is 7.43. The number of para-hydroxylation sites is 1. The Morgan fingerprint density at radius 3 is 2.62 bits per heavy atom. The van der Waals surface area contributed by atoms with Crippen LogP contribution >= 0.6 is 0 Å². The van der Waals surface area contributed by atoms with Crippen LogP contribution < -0.4 is 4.90 Å². The van der Waals surface area contributed by atoms with Crippen LogP contribution in [-0.2, 0) is 4.79 Å². The molecule has 21 heavy (non-hydrogen) atoms. The van der Waals surface area contributed by atoms with E-state index in [4.69, 9.17) is 0 Å². The van der Waals surface area contributed by atoms with Crippen molar-refractivity contribution in [3.63, 3.8) is 0 Å². The normalized spacial score (nSPS) is 16.6. The molecule has 1 heterocycles. The molecule has 0 bridgehead atoms. The quantitative estimate of drug-likeness (QED) is 0.840. The first-order valence-electron chi connectivity index (χ1n) is 7.70. The fourth-order valence-corrected chi connectivity index (χ4v) is 3.20. The maximum atomic E-state index is 12.6. The predicted octanol–water partition coefficient (Wildman–Crippen LogP) is 4.07. The molecule has 0 saturated heterocycles. The van der Waals surface area contributed by atoms with E-state index >= 15 is 0 Å². The second-order valence-corrected chi connectivity index (χ2v) is 7.31. The highest BCUT2D eigenvalue weighted by Crippen LogP contribution is 2.30. The summed E-state index contributed by atoms with van der Waals surface area (Å²) in [5.74, 6) is 0.617. The molecule has 2 rings (SSSR count). The van der Waals surface area contributed by atoms with E-state index in [-0.39, 0.29) is 17.1 Å². The molecule has 114 valence electrons. The van der Waals surface area contributed by atoms with Gasteiger partial charge in [0.05, 0.1) is 5.69 Å². The van der Waals surface area contributed by atoms with Gasteiger partial charge in [0, 0.05) is 24.9 Å². The minimum atomic E-state index is 0.131. The monoisotopic (exact) mass is 287 g/mol. The molecule has 1 atom stereocenters. The number of Topliss-reactive ketones (excluding diaryl/α,β-unsaturated/α-hetero) is 1. The number of carbonyl (C=O) groups is 2. The first-order chi connectivity index (χ1) is 9.78. The molecule has 0 N–H and O–H groups in total. The van der Waals surface area contributed by atoms with Crippen LogP contribution in [0, 0.1) is 11.3 Å². The molecule has 0 radical (unpaired) electrons. The number of hydrogen-bond acceptors (Lipinski definition) is 2. The van der Waals surface area contributed by atoms with Crippen LogP contribution in [0.2, 0.25) is 0 Å². The molecule has 1 aromatic carbocycles. The van der Waals surface area contributed by atoms with Crippen molar-refractivity contribution in [3.8, 4) is 0 Å². The highest BCUT2D eigenvalue weighted by molar-refractivity contribution is 6.08. The second kappa shape index (κ2) is 6.00. The fraction of sp³-hybridized carbons (Fsp3) is 0.556. The number of benzene rings is 1. The third kappa shape index (κ3) is 3.93. The molecule has 1 amide bonds. The first-order valence-corrected chi connectivity index (χ1v) is 7.70. The zero-order valence-electron chi connectivity index (χ0n) is 13.5. The summed E-state index contributed by atoms with van der Waals surface area (Å²) in [4.78, 5) is 26.3. The molecule has 0 fully saturated rings. The first kappa shape index (κ1) is 15.7. The maximum Gasteiger partial charge on any atom is 0.227 e. The second-order valence-electron chi connectivity index (χ2n) is 7.31. The van der Waals surface area contributed by atoms with E-state index in [1.807, 2.05) is 24.3 Å². The van der Waals surface area contributed by atoms with E-state index in [0.717, 1.165) is 12.1 Å². The lowest BCUT2D eigenvalue weighted by Gasteiger charge is -2.30. The molecular weight excluding hydrogens is 262 g/mol. The summed E-state index contributed by atoms with van der Waals surface area (Å²) in [6.07, 6.45) is 1.99. The van der Waals surface area contributed by atoms with Crippen molar-refractivity contribution >= 4 is 17.4 Å². The van der Waals surface area contributed by atoms with Gasteiger partial charge in [0.25, 0.3) is 0 Å². The van der Waals surface area contributed by atoms with Crippen molar-refractivity contribution in [3.05, 3.63) is 29.8 Å². The Kier molecular flexibility index (Phi) is 4.50. The molecule has 3 nitrogen and oxygen atoms in total. The molecule has 0 aliphatic carbocycles. The van der Waals surface area contributed by atoms with Crippen LogP contribution in [-0.4, -0.2) is 18.2 Å². The maximum absolute atomic E-state index is 12.6. The van der Waals surface area contributed by atoms with Gasteiger partial charge in [0.2, 0.25) is 5.91 Å². The highest BCUT2D eigenvalue weighted by atomic mass is 16.2. The van der Waals surface area contributed by atoms with E-state index in [2.05, 4.69) is 27.7 Å². The molecule has 0 saturated carbocycles. The Hall–Kier alpha value is -1.64. The largest absolute Gasteiger partial charge is 0.311 e. The molecule has 1 aromatic rings. The van der Waals surface area contributed by atoms with E-state index in [1.54, 1.807) is 4.90 Å². The van der Waals surface area contributed by atoms with E-state index in [0.29, 0.717) is 30.9 Å². The Morgan fingerprint density at radius 1 is 1.29 bits per heavy atom. The van der Waals surface area contributed by atoms with E-state index in [9.17, 15) is 9.59 Å². The Morgan fingerprint density at radius 2 is 1.95 bits per heavy atom. The predicted molar refractivity (Wildman–Crippen MR) is 85.6 cm³/mol. The Bertz CT molecular complexity index is 542. The number of carbonyl (C=O) groups excluding carboxylic acids is 2. The van der Waals surface area contributed by atoms with Crippen molar-refractivity contribution < 1.29 is 9.59 Å². The zero-order chi connectivity index (χ0) is 15.6. The molecule has 3 heteroatoms. The standard InChI is InChI=1S/C18H25NO2/c1-13(12-18(2,3)4)11-17(21)19-10-9-16(20)14-7-5-6-8-15(14)19/h5-8,13H,9-12H2,1-4H3. The Balaban J connectivity index is 2.11. The van der Waals surface area contributed by atoms with Crippen LogP contribution in [0.15, 0.2) is 24.3 Å². The van der Waals surface area contributed by atoms with Gasteiger partial charge in [0.15, 0.2) is 5.78 Å². The number of hydrogen-bond donors (Lipinski definition) is 0. The summed E-state index contributed by atoms with van der Waals surface area (Å²) in [5, 5.41) is 0. The lowest BCUT2D eigenvalue weighted by molar-refractivity contribution is -0.119. The van der Waals surface area contributed by atoms with Crippen molar-refractivity contribution in [2.45, 2.75) is 47.0 Å². The van der Waals surface area contributed by atoms with E-state index < -0.39 is 0 Å². The van der Waals surface area contributed by atoms with Crippen LogP contribution in [0.1, 0.15) is 57.3 Å². The number of ketones is 1. The highest BCUT2D eigenvalue weighted by Gasteiger charge is 2.28. The smallest absolute Gasteiger partial charge is 0.227 e. The summed E-state index contributed by atoms with van der Waals surface area (Å²) in [6.45, 7) is 9.23. The molecule has 1 aliphatic heterocycles. The number of amides is 1. The van der Waals surface area contributed by atoms with Gasteiger partial charge < -0.3 is 4.90 Å². The average Bonchev–Trinajstić information content (AvgIpc) is 2.37. The van der Waals surface area contributed by atoms with Gasteiger partial charge >= 0.3 is 0 Å². The summed E-state index contributed by atoms with van der Waals surface area (Å²) in [5.41, 5.74) is 1.69. The van der Waals surface area contributed by atoms with Crippen molar-refractivity contribution in [1.82, 2.24) is 0 Å². The van der Waals surface area contributed by atoms with Gasteiger partial charge in [-0.2, -0.15) is 0 Å². The molecular formula is C18H25NO2. The number of anilines is 1. The molecule has 0 aromatic heterocycles. The van der Waals surface area contributed by atoms with Crippen molar-refractivity contribution in [1.29, 1.82) is 0 Å². The third-order valence-electron chi connectivity index (χ3n) is 3.84. The summed E-state index contributed by atoms with van der Waals surface area (Å²) in [7, 11) is 0. The molecule has 1 unspecified atom stereocenters. The topological polar surface area (TPSA) is 37.4 Å². The lowest BCUT2D eigenvalue weighted by atomic mass is 9.84.